The van der Waals surface area contributed by atoms with Crippen LogP contribution in [0, 0.1) is 10.8 Å². The van der Waals surface area contributed by atoms with E-state index in [1.54, 1.807) is 0 Å². The van der Waals surface area contributed by atoms with Crippen LogP contribution in [0.1, 0.15) is 19.3 Å². The van der Waals surface area contributed by atoms with Crippen molar-refractivity contribution < 1.29 is 4.74 Å². The van der Waals surface area contributed by atoms with Crippen LogP contribution in [0.25, 0.3) is 0 Å². The van der Waals surface area contributed by atoms with Crippen molar-refractivity contribution in [3.8, 4) is 0 Å². The molecular weight excluding hydrogens is 174 g/mol. The van der Waals surface area contributed by atoms with E-state index in [9.17, 15) is 0 Å². The van der Waals surface area contributed by atoms with Gasteiger partial charge in [-0.2, -0.15) is 0 Å². The first-order valence-corrected chi connectivity index (χ1v) is 4.66. The fourth-order valence-corrected chi connectivity index (χ4v) is 3.38. The Labute approximate surface area is 79.5 Å². The molecule has 2 nitrogen and oxygen atoms in total. The number of ether oxygens (including phenoxy) is 1. The summed E-state index contributed by atoms with van der Waals surface area (Å²) in [7, 11) is 0. The Morgan fingerprint density at radius 2 is 1.58 bits per heavy atom. The van der Waals surface area contributed by atoms with Gasteiger partial charge in [0.15, 0.2) is 0 Å². The Bertz CT molecular complexity index is 148. The number of nitrogens with one attached hydrogen (secondary N) is 1. The minimum absolute atomic E-state index is 0. The summed E-state index contributed by atoms with van der Waals surface area (Å²) in [6, 6.07) is 0. The molecule has 0 aromatic carbocycles. The fourth-order valence-electron chi connectivity index (χ4n) is 3.38. The van der Waals surface area contributed by atoms with Crippen molar-refractivity contribution in [2.24, 2.45) is 10.8 Å². The average Bonchev–Trinajstić information content (AvgIpc) is 2.40. The van der Waals surface area contributed by atoms with Gasteiger partial charge in [-0.25, -0.2) is 0 Å². The Morgan fingerprint density at radius 3 is 2.17 bits per heavy atom. The van der Waals surface area contributed by atoms with E-state index >= 15 is 0 Å². The summed E-state index contributed by atoms with van der Waals surface area (Å²) in [5.74, 6) is 0. The van der Waals surface area contributed by atoms with Crippen LogP contribution >= 0.6 is 12.4 Å². The van der Waals surface area contributed by atoms with E-state index in [1.807, 2.05) is 0 Å². The van der Waals surface area contributed by atoms with Gasteiger partial charge in [0.05, 0.1) is 13.2 Å². The molecule has 1 saturated carbocycles. The summed E-state index contributed by atoms with van der Waals surface area (Å²) >= 11 is 0. The lowest BCUT2D eigenvalue weighted by Crippen LogP contribution is -2.34. The van der Waals surface area contributed by atoms with Crippen molar-refractivity contribution >= 4 is 12.4 Å². The third-order valence-corrected chi connectivity index (χ3v) is 4.12. The molecule has 0 aromatic rings. The van der Waals surface area contributed by atoms with E-state index in [0.717, 1.165) is 13.2 Å². The second kappa shape index (κ2) is 2.60. The first-order valence-electron chi connectivity index (χ1n) is 4.66. The summed E-state index contributed by atoms with van der Waals surface area (Å²) in [5, 5.41) is 3.53. The SMILES string of the molecule is C1CC23CNCC2(C1)COC3.Cl. The zero-order chi connectivity index (χ0) is 7.36. The van der Waals surface area contributed by atoms with E-state index < -0.39 is 0 Å². The molecule has 0 radical (unpaired) electrons. The molecule has 0 bridgehead atoms. The van der Waals surface area contributed by atoms with Crippen LogP contribution in [0.5, 0.6) is 0 Å². The molecule has 12 heavy (non-hydrogen) atoms. The van der Waals surface area contributed by atoms with Gasteiger partial charge in [0.2, 0.25) is 0 Å². The van der Waals surface area contributed by atoms with Crippen molar-refractivity contribution in [1.82, 2.24) is 5.32 Å². The highest BCUT2D eigenvalue weighted by molar-refractivity contribution is 5.85. The van der Waals surface area contributed by atoms with Gasteiger partial charge in [-0.3, -0.25) is 0 Å². The van der Waals surface area contributed by atoms with Gasteiger partial charge in [0, 0.05) is 23.9 Å². The summed E-state index contributed by atoms with van der Waals surface area (Å²) < 4.78 is 5.62. The monoisotopic (exact) mass is 189 g/mol. The van der Waals surface area contributed by atoms with Crippen LogP contribution in [-0.4, -0.2) is 26.3 Å². The molecule has 2 saturated heterocycles. The lowest BCUT2D eigenvalue weighted by molar-refractivity contribution is 0.141. The third kappa shape index (κ3) is 0.785. The molecule has 1 aliphatic carbocycles. The standard InChI is InChI=1S/C9H15NO.ClH/c1-2-8-4-10-5-9(8,3-1)7-11-6-8;/h10H,1-7H2;1H. The molecule has 3 heteroatoms. The molecule has 0 amide bonds. The maximum Gasteiger partial charge on any atom is 0.0541 e. The Hall–Kier alpha value is 0.210. The molecule has 0 spiro atoms. The smallest absolute Gasteiger partial charge is 0.0541 e. The van der Waals surface area contributed by atoms with Crippen molar-refractivity contribution in [2.75, 3.05) is 26.3 Å². The van der Waals surface area contributed by atoms with Crippen molar-refractivity contribution in [3.05, 3.63) is 0 Å². The highest BCUT2D eigenvalue weighted by atomic mass is 35.5. The van der Waals surface area contributed by atoms with Crippen LogP contribution in [0.15, 0.2) is 0 Å². The van der Waals surface area contributed by atoms with Gasteiger partial charge in [-0.05, 0) is 12.8 Å². The molecule has 0 aromatic heterocycles. The fraction of sp³-hybridized carbons (Fsp3) is 1.00. The van der Waals surface area contributed by atoms with Gasteiger partial charge < -0.3 is 10.1 Å². The molecule has 3 aliphatic rings. The summed E-state index contributed by atoms with van der Waals surface area (Å²) in [4.78, 5) is 0. The lowest BCUT2D eigenvalue weighted by Gasteiger charge is -2.29. The average molecular weight is 190 g/mol. The van der Waals surface area contributed by atoms with E-state index in [1.165, 1.54) is 32.4 Å². The van der Waals surface area contributed by atoms with Gasteiger partial charge in [-0.1, -0.05) is 6.42 Å². The van der Waals surface area contributed by atoms with Crippen molar-refractivity contribution in [1.29, 1.82) is 0 Å². The molecule has 70 valence electrons. The number of hydrogen-bond donors (Lipinski definition) is 1. The topological polar surface area (TPSA) is 21.3 Å². The molecular formula is C9H16ClNO. The number of rotatable bonds is 0. The van der Waals surface area contributed by atoms with Gasteiger partial charge >= 0.3 is 0 Å². The van der Waals surface area contributed by atoms with Crippen molar-refractivity contribution in [2.45, 2.75) is 19.3 Å². The molecule has 3 fully saturated rings. The van der Waals surface area contributed by atoms with Crippen LogP contribution in [-0.2, 0) is 4.74 Å². The first-order chi connectivity index (χ1) is 5.37. The lowest BCUT2D eigenvalue weighted by atomic mass is 9.71. The molecule has 2 heterocycles. The largest absolute Gasteiger partial charge is 0.380 e. The van der Waals surface area contributed by atoms with E-state index in [4.69, 9.17) is 4.74 Å². The van der Waals surface area contributed by atoms with Gasteiger partial charge in [0.25, 0.3) is 0 Å². The molecule has 1 N–H and O–H groups in total. The summed E-state index contributed by atoms with van der Waals surface area (Å²) in [6.07, 6.45) is 4.24. The van der Waals surface area contributed by atoms with Crippen molar-refractivity contribution in [3.63, 3.8) is 0 Å². The Kier molecular flexibility index (Phi) is 1.90. The zero-order valence-electron chi connectivity index (χ0n) is 7.27. The second-order valence-corrected chi connectivity index (χ2v) is 4.51. The zero-order valence-corrected chi connectivity index (χ0v) is 8.08. The predicted molar refractivity (Wildman–Crippen MR) is 49.7 cm³/mol. The van der Waals surface area contributed by atoms with Gasteiger partial charge in [-0.15, -0.1) is 12.4 Å². The van der Waals surface area contributed by atoms with Crippen LogP contribution in [0.2, 0.25) is 0 Å². The number of halogens is 1. The normalized spacial score (nSPS) is 50.0. The molecule has 2 unspecified atom stereocenters. The van der Waals surface area contributed by atoms with Gasteiger partial charge in [0.1, 0.15) is 0 Å². The summed E-state index contributed by atoms with van der Waals surface area (Å²) in [6.45, 7) is 4.49. The maximum atomic E-state index is 5.62. The van der Waals surface area contributed by atoms with Crippen LogP contribution < -0.4 is 5.32 Å². The first kappa shape index (κ1) is 8.79. The maximum absolute atomic E-state index is 5.62. The minimum Gasteiger partial charge on any atom is -0.380 e. The van der Waals surface area contributed by atoms with Crippen LogP contribution in [0.3, 0.4) is 0 Å². The minimum atomic E-state index is 0. The van der Waals surface area contributed by atoms with E-state index in [2.05, 4.69) is 5.32 Å². The third-order valence-electron chi connectivity index (χ3n) is 4.12. The van der Waals surface area contributed by atoms with E-state index in [-0.39, 0.29) is 12.4 Å². The number of hydrogen-bond acceptors (Lipinski definition) is 2. The van der Waals surface area contributed by atoms with E-state index in [0.29, 0.717) is 10.8 Å². The van der Waals surface area contributed by atoms with Crippen LogP contribution in [0.4, 0.5) is 0 Å². The second-order valence-electron chi connectivity index (χ2n) is 4.51. The Balaban J connectivity index is 0.000000563. The predicted octanol–water partition coefficient (Wildman–Crippen LogP) is 1.20. The highest BCUT2D eigenvalue weighted by Crippen LogP contribution is 2.58. The Morgan fingerprint density at radius 1 is 1.00 bits per heavy atom. The molecule has 2 atom stereocenters. The highest BCUT2D eigenvalue weighted by Gasteiger charge is 2.61. The molecule has 3 rings (SSSR count). The summed E-state index contributed by atoms with van der Waals surface area (Å²) in [5.41, 5.74) is 1.12. The molecule has 2 aliphatic heterocycles. The quantitative estimate of drug-likeness (QED) is 0.619.